The Hall–Kier alpha value is -3.17. The van der Waals surface area contributed by atoms with Gasteiger partial charge in [-0.05, 0) is 35.6 Å². The van der Waals surface area contributed by atoms with E-state index in [1.165, 1.54) is 5.69 Å². The van der Waals surface area contributed by atoms with E-state index in [1.54, 1.807) is 11.6 Å². The number of hydrogen-bond acceptors (Lipinski definition) is 6. The van der Waals surface area contributed by atoms with Crippen LogP contribution in [0.5, 0.6) is 0 Å². The number of ether oxygens (including phenoxy) is 1. The van der Waals surface area contributed by atoms with Gasteiger partial charge in [0.2, 0.25) is 5.91 Å². The highest BCUT2D eigenvalue weighted by Gasteiger charge is 2.35. The number of aliphatic hydroxyl groups excluding tert-OH is 1. The van der Waals surface area contributed by atoms with Crippen molar-refractivity contribution in [3.05, 3.63) is 46.9 Å². The predicted molar refractivity (Wildman–Crippen MR) is 127 cm³/mol. The van der Waals surface area contributed by atoms with Gasteiger partial charge in [0.05, 0.1) is 32.0 Å². The molecular weight excluding hydrogens is 432 g/mol. The summed E-state index contributed by atoms with van der Waals surface area (Å²) in [6.45, 7) is 5.16. The Bertz CT molecular complexity index is 1260. The zero-order chi connectivity index (χ0) is 23.4. The third kappa shape index (κ3) is 3.33. The Labute approximate surface area is 198 Å². The van der Waals surface area contributed by atoms with Crippen molar-refractivity contribution in [3.8, 4) is 11.1 Å². The lowest BCUT2D eigenvalue weighted by molar-refractivity contribution is -0.129. The molecule has 0 bridgehead atoms. The quantitative estimate of drug-likeness (QED) is 0.640. The standard InChI is InChI=1S/C25H30N6O3/c1-16(33)29-8-6-24-21(13-29)25(27-31(24)18-7-10-34-15-18)30-9-5-20-22(14-32)19(3-4-23(20)30)17-11-26-28(2)12-17/h3-4,11-12,18,32H,5-10,13-15H2,1-2H3. The Morgan fingerprint density at radius 3 is 2.82 bits per heavy atom. The number of hydrogen-bond donors (Lipinski definition) is 1. The van der Waals surface area contributed by atoms with Crippen LogP contribution in [0.1, 0.15) is 41.8 Å². The molecule has 0 saturated carbocycles. The molecule has 0 aliphatic carbocycles. The molecule has 0 radical (unpaired) electrons. The topological polar surface area (TPSA) is 88.7 Å². The molecule has 3 aliphatic heterocycles. The second-order valence-corrected chi connectivity index (χ2v) is 9.45. The summed E-state index contributed by atoms with van der Waals surface area (Å²) in [6.07, 6.45) is 6.42. The number of aliphatic hydroxyl groups is 1. The van der Waals surface area contributed by atoms with E-state index in [0.29, 0.717) is 13.2 Å². The smallest absolute Gasteiger partial charge is 0.219 e. The molecule has 1 atom stereocenters. The van der Waals surface area contributed by atoms with Crippen molar-refractivity contribution in [2.45, 2.75) is 45.4 Å². The Balaban J connectivity index is 1.44. The number of aryl methyl sites for hydroxylation is 1. The molecule has 3 aliphatic rings. The molecular formula is C25H30N6O3. The molecule has 1 amide bonds. The van der Waals surface area contributed by atoms with Gasteiger partial charge in [0, 0.05) is 68.8 Å². The lowest BCUT2D eigenvalue weighted by atomic mass is 9.96. The first-order valence-electron chi connectivity index (χ1n) is 12.0. The maximum Gasteiger partial charge on any atom is 0.219 e. The number of amides is 1. The Morgan fingerprint density at radius 1 is 1.24 bits per heavy atom. The third-order valence-electron chi connectivity index (χ3n) is 7.47. The maximum absolute atomic E-state index is 12.2. The summed E-state index contributed by atoms with van der Waals surface area (Å²) in [5.41, 5.74) is 7.61. The Kier molecular flexibility index (Phi) is 5.18. The first-order chi connectivity index (χ1) is 16.5. The van der Waals surface area contributed by atoms with E-state index in [-0.39, 0.29) is 18.6 Å². The van der Waals surface area contributed by atoms with Crippen molar-refractivity contribution in [3.63, 3.8) is 0 Å². The van der Waals surface area contributed by atoms with Gasteiger partial charge in [-0.25, -0.2) is 0 Å². The molecule has 9 heteroatoms. The molecule has 3 aromatic rings. The molecule has 178 valence electrons. The molecule has 1 aromatic carbocycles. The van der Waals surface area contributed by atoms with Gasteiger partial charge in [0.25, 0.3) is 0 Å². The van der Waals surface area contributed by atoms with Crippen molar-refractivity contribution in [1.82, 2.24) is 24.5 Å². The van der Waals surface area contributed by atoms with E-state index < -0.39 is 0 Å². The average Bonchev–Trinajstić information content (AvgIpc) is 3.63. The van der Waals surface area contributed by atoms with Crippen LogP contribution in [0.4, 0.5) is 11.5 Å². The lowest BCUT2D eigenvalue weighted by Crippen LogP contribution is -2.35. The van der Waals surface area contributed by atoms with Crippen LogP contribution in [0.2, 0.25) is 0 Å². The minimum atomic E-state index is -0.0225. The molecule has 34 heavy (non-hydrogen) atoms. The van der Waals surface area contributed by atoms with Crippen LogP contribution in [0, 0.1) is 0 Å². The summed E-state index contributed by atoms with van der Waals surface area (Å²) >= 11 is 0. The molecule has 1 N–H and O–H groups in total. The number of carbonyl (C=O) groups excluding carboxylic acids is 1. The lowest BCUT2D eigenvalue weighted by Gasteiger charge is -2.28. The minimum Gasteiger partial charge on any atom is -0.392 e. The largest absolute Gasteiger partial charge is 0.392 e. The molecule has 0 spiro atoms. The summed E-state index contributed by atoms with van der Waals surface area (Å²) in [4.78, 5) is 16.4. The fraction of sp³-hybridized carbons (Fsp3) is 0.480. The fourth-order valence-electron chi connectivity index (χ4n) is 5.72. The highest BCUT2D eigenvalue weighted by molar-refractivity contribution is 5.79. The highest BCUT2D eigenvalue weighted by atomic mass is 16.5. The highest BCUT2D eigenvalue weighted by Crippen LogP contribution is 2.43. The van der Waals surface area contributed by atoms with Crippen LogP contribution in [0.25, 0.3) is 11.1 Å². The van der Waals surface area contributed by atoms with E-state index >= 15 is 0 Å². The van der Waals surface area contributed by atoms with Gasteiger partial charge in [-0.2, -0.15) is 10.2 Å². The maximum atomic E-state index is 12.2. The molecule has 2 aromatic heterocycles. The fourth-order valence-corrected chi connectivity index (χ4v) is 5.72. The number of nitrogens with zero attached hydrogens (tertiary/aromatic N) is 6. The van der Waals surface area contributed by atoms with Crippen molar-refractivity contribution in [2.75, 3.05) is 31.2 Å². The summed E-state index contributed by atoms with van der Waals surface area (Å²) in [5, 5.41) is 19.8. The average molecular weight is 463 g/mol. The summed E-state index contributed by atoms with van der Waals surface area (Å²) in [7, 11) is 1.90. The number of rotatable bonds is 4. The van der Waals surface area contributed by atoms with Gasteiger partial charge in [-0.3, -0.25) is 14.2 Å². The number of aromatic nitrogens is 4. The van der Waals surface area contributed by atoms with Crippen molar-refractivity contribution < 1.29 is 14.6 Å². The van der Waals surface area contributed by atoms with E-state index in [9.17, 15) is 9.90 Å². The molecule has 5 heterocycles. The van der Waals surface area contributed by atoms with Crippen LogP contribution >= 0.6 is 0 Å². The molecule has 1 fully saturated rings. The van der Waals surface area contributed by atoms with Gasteiger partial charge >= 0.3 is 0 Å². The second-order valence-electron chi connectivity index (χ2n) is 9.45. The molecule has 6 rings (SSSR count). The first kappa shape index (κ1) is 21.4. The summed E-state index contributed by atoms with van der Waals surface area (Å²) in [6, 6.07) is 4.46. The van der Waals surface area contributed by atoms with Crippen molar-refractivity contribution in [2.24, 2.45) is 7.05 Å². The summed E-state index contributed by atoms with van der Waals surface area (Å²) < 4.78 is 9.62. The van der Waals surface area contributed by atoms with Crippen LogP contribution in [0.3, 0.4) is 0 Å². The van der Waals surface area contributed by atoms with Crippen LogP contribution in [-0.4, -0.2) is 61.8 Å². The number of benzene rings is 1. The summed E-state index contributed by atoms with van der Waals surface area (Å²) in [5.74, 6) is 1.03. The minimum absolute atomic E-state index is 0.0225. The van der Waals surface area contributed by atoms with E-state index in [0.717, 1.165) is 78.3 Å². The van der Waals surface area contributed by atoms with E-state index in [2.05, 4.69) is 26.8 Å². The van der Waals surface area contributed by atoms with Gasteiger partial charge in [0.15, 0.2) is 5.82 Å². The van der Waals surface area contributed by atoms with Gasteiger partial charge in [0.1, 0.15) is 0 Å². The monoisotopic (exact) mass is 462 g/mol. The molecule has 1 unspecified atom stereocenters. The van der Waals surface area contributed by atoms with Gasteiger partial charge in [-0.1, -0.05) is 6.07 Å². The third-order valence-corrected chi connectivity index (χ3v) is 7.47. The van der Waals surface area contributed by atoms with Gasteiger partial charge in [-0.15, -0.1) is 0 Å². The molecule has 1 saturated heterocycles. The second kappa shape index (κ2) is 8.25. The van der Waals surface area contributed by atoms with Crippen LogP contribution in [0.15, 0.2) is 24.5 Å². The van der Waals surface area contributed by atoms with Crippen LogP contribution in [-0.2, 0) is 42.6 Å². The van der Waals surface area contributed by atoms with Crippen LogP contribution < -0.4 is 4.90 Å². The normalized spacial score (nSPS) is 19.6. The first-order valence-corrected chi connectivity index (χ1v) is 12.0. The van der Waals surface area contributed by atoms with E-state index in [4.69, 9.17) is 9.84 Å². The number of carbonyl (C=O) groups is 1. The SMILES string of the molecule is CC(=O)N1CCc2c(c(N3CCc4c3ccc(-c3cnn(C)c3)c4CO)nn2C2CCOC2)C1. The Morgan fingerprint density at radius 2 is 2.12 bits per heavy atom. The zero-order valence-corrected chi connectivity index (χ0v) is 19.7. The number of fused-ring (bicyclic) bond motifs is 2. The molecule has 9 nitrogen and oxygen atoms in total. The van der Waals surface area contributed by atoms with E-state index in [1.807, 2.05) is 24.3 Å². The van der Waals surface area contributed by atoms with Crippen molar-refractivity contribution in [1.29, 1.82) is 0 Å². The van der Waals surface area contributed by atoms with Gasteiger partial charge < -0.3 is 19.6 Å². The zero-order valence-electron chi connectivity index (χ0n) is 19.7. The number of anilines is 2. The van der Waals surface area contributed by atoms with Crippen molar-refractivity contribution >= 4 is 17.4 Å². The predicted octanol–water partition coefficient (Wildman–Crippen LogP) is 2.34.